The first-order valence-electron chi connectivity index (χ1n) is 2.24. The molecule has 0 aliphatic carbocycles. The zero-order valence-electron chi connectivity index (χ0n) is 4.55. The quantitative estimate of drug-likeness (QED) is 0.562. The number of hydrogen-bond acceptors (Lipinski definition) is 3. The number of aromatic nitrogens is 1. The third-order valence-corrected chi connectivity index (χ3v) is 0.733. The van der Waals surface area contributed by atoms with E-state index in [1.165, 1.54) is 0 Å². The molecule has 0 N–H and O–H groups in total. The summed E-state index contributed by atoms with van der Waals surface area (Å²) in [6, 6.07) is 1.64. The highest BCUT2D eigenvalue weighted by molar-refractivity contribution is 4.90. The summed E-state index contributed by atoms with van der Waals surface area (Å²) in [5.41, 5.74) is 0.771. The van der Waals surface area contributed by atoms with Crippen LogP contribution in [0.2, 0.25) is 0 Å². The molecule has 0 aliphatic rings. The second kappa shape index (κ2) is 2.47. The van der Waals surface area contributed by atoms with E-state index < -0.39 is 0 Å². The Bertz CT molecular complexity index is 136. The number of nitrogens with zero attached hydrogens (tertiary/aromatic N) is 1. The van der Waals surface area contributed by atoms with E-state index >= 15 is 0 Å². The maximum Gasteiger partial charge on any atom is 0.205 e. The second-order valence-electron chi connectivity index (χ2n) is 1.37. The average molecular weight is 112 g/mol. The lowest BCUT2D eigenvalue weighted by Gasteiger charge is -1.86. The predicted octanol–water partition coefficient (Wildman–Crippen LogP) is 0.621. The fourth-order valence-corrected chi connectivity index (χ4v) is 0.422. The number of hydrogen-bond donors (Lipinski definition) is 0. The van der Waals surface area contributed by atoms with E-state index in [1.807, 2.05) is 0 Å². The summed E-state index contributed by atoms with van der Waals surface area (Å²) in [5.74, 6) is 0. The molecule has 1 aromatic heterocycles. The summed E-state index contributed by atoms with van der Waals surface area (Å²) in [7, 11) is 1.61. The number of rotatable bonds is 2. The monoisotopic (exact) mass is 112 g/mol. The molecule has 1 aromatic rings. The Morgan fingerprint density at radius 3 is 3.38 bits per heavy atom. The molecule has 0 fully saturated rings. The average Bonchev–Trinajstić information content (AvgIpc) is 2.19. The highest BCUT2D eigenvalue weighted by atomic mass is 16.5. The van der Waals surface area contributed by atoms with Crippen LogP contribution in [0.15, 0.2) is 10.6 Å². The molecule has 3 heteroatoms. The standard InChI is InChI=1S/C5H6NO2/c1-7-4-5-2-3-8-6-5/h2H,4H2,1H3. The molecule has 1 radical (unpaired) electrons. The lowest BCUT2D eigenvalue weighted by atomic mass is 10.5. The molecular formula is C5H6NO2. The van der Waals surface area contributed by atoms with Gasteiger partial charge in [-0.3, -0.25) is 0 Å². The van der Waals surface area contributed by atoms with E-state index in [4.69, 9.17) is 4.74 Å². The fraction of sp³-hybridized carbons (Fsp3) is 0.400. The van der Waals surface area contributed by atoms with Crippen molar-refractivity contribution < 1.29 is 9.26 Å². The normalized spacial score (nSPS) is 9.62. The van der Waals surface area contributed by atoms with Gasteiger partial charge >= 0.3 is 0 Å². The van der Waals surface area contributed by atoms with Crippen LogP contribution >= 0.6 is 0 Å². The van der Waals surface area contributed by atoms with Gasteiger partial charge in [-0.05, 0) is 0 Å². The Kier molecular flexibility index (Phi) is 1.64. The molecule has 0 spiro atoms. The summed E-state index contributed by atoms with van der Waals surface area (Å²) in [6.07, 6.45) is 2.45. The topological polar surface area (TPSA) is 35.3 Å². The van der Waals surface area contributed by atoms with Crippen molar-refractivity contribution in [1.29, 1.82) is 0 Å². The zero-order valence-corrected chi connectivity index (χ0v) is 4.55. The van der Waals surface area contributed by atoms with Gasteiger partial charge in [-0.1, -0.05) is 5.16 Å². The van der Waals surface area contributed by atoms with Crippen molar-refractivity contribution in [3.63, 3.8) is 0 Å². The van der Waals surface area contributed by atoms with Crippen LogP contribution in [0, 0.1) is 6.26 Å². The highest BCUT2D eigenvalue weighted by Crippen LogP contribution is 1.93. The first-order valence-corrected chi connectivity index (χ1v) is 2.24. The summed E-state index contributed by atoms with van der Waals surface area (Å²) < 4.78 is 9.16. The fourth-order valence-electron chi connectivity index (χ4n) is 0.422. The minimum atomic E-state index is 0.493. The van der Waals surface area contributed by atoms with Gasteiger partial charge < -0.3 is 9.26 Å². The summed E-state index contributed by atoms with van der Waals surface area (Å²) in [5, 5.41) is 3.55. The van der Waals surface area contributed by atoms with Crippen molar-refractivity contribution in [2.45, 2.75) is 6.61 Å². The van der Waals surface area contributed by atoms with Gasteiger partial charge in [0.15, 0.2) is 0 Å². The van der Waals surface area contributed by atoms with Gasteiger partial charge in [0.05, 0.1) is 6.61 Å². The van der Waals surface area contributed by atoms with Crippen LogP contribution in [0.3, 0.4) is 0 Å². The lowest BCUT2D eigenvalue weighted by molar-refractivity contribution is 0.177. The Morgan fingerprint density at radius 1 is 2.00 bits per heavy atom. The molecular weight excluding hydrogens is 106 g/mol. The smallest absolute Gasteiger partial charge is 0.205 e. The minimum absolute atomic E-state index is 0.493. The van der Waals surface area contributed by atoms with Crippen LogP contribution in [0.25, 0.3) is 0 Å². The van der Waals surface area contributed by atoms with Crippen molar-refractivity contribution in [1.82, 2.24) is 5.16 Å². The van der Waals surface area contributed by atoms with Gasteiger partial charge in [0.1, 0.15) is 5.69 Å². The van der Waals surface area contributed by atoms with Gasteiger partial charge in [-0.25, -0.2) is 0 Å². The van der Waals surface area contributed by atoms with Crippen LogP contribution in [0.5, 0.6) is 0 Å². The van der Waals surface area contributed by atoms with E-state index in [1.54, 1.807) is 13.2 Å². The molecule has 0 atom stereocenters. The van der Waals surface area contributed by atoms with Gasteiger partial charge in [0, 0.05) is 13.2 Å². The SMILES string of the molecule is COCc1c[c]on1. The van der Waals surface area contributed by atoms with E-state index in [0.29, 0.717) is 6.61 Å². The third kappa shape index (κ3) is 1.07. The van der Waals surface area contributed by atoms with Crippen molar-refractivity contribution >= 4 is 0 Å². The molecule has 0 saturated carbocycles. The van der Waals surface area contributed by atoms with Crippen LogP contribution in [0.4, 0.5) is 0 Å². The molecule has 0 saturated heterocycles. The van der Waals surface area contributed by atoms with Gasteiger partial charge in [-0.15, -0.1) is 0 Å². The van der Waals surface area contributed by atoms with Crippen LogP contribution < -0.4 is 0 Å². The Morgan fingerprint density at radius 2 is 2.88 bits per heavy atom. The molecule has 1 heterocycles. The molecule has 0 bridgehead atoms. The molecule has 0 amide bonds. The molecule has 0 aliphatic heterocycles. The lowest BCUT2D eigenvalue weighted by Crippen LogP contribution is -1.84. The summed E-state index contributed by atoms with van der Waals surface area (Å²) >= 11 is 0. The van der Waals surface area contributed by atoms with Crippen molar-refractivity contribution in [3.05, 3.63) is 18.0 Å². The van der Waals surface area contributed by atoms with E-state index in [-0.39, 0.29) is 0 Å². The Labute approximate surface area is 47.2 Å². The van der Waals surface area contributed by atoms with Crippen molar-refractivity contribution in [2.24, 2.45) is 0 Å². The van der Waals surface area contributed by atoms with E-state index in [9.17, 15) is 0 Å². The highest BCUT2D eigenvalue weighted by Gasteiger charge is 1.91. The van der Waals surface area contributed by atoms with Crippen LogP contribution in [-0.4, -0.2) is 12.3 Å². The predicted molar refractivity (Wildman–Crippen MR) is 26.1 cm³/mol. The van der Waals surface area contributed by atoms with E-state index in [2.05, 4.69) is 15.9 Å². The molecule has 0 unspecified atom stereocenters. The second-order valence-corrected chi connectivity index (χ2v) is 1.37. The summed E-state index contributed by atoms with van der Waals surface area (Å²) in [4.78, 5) is 0. The van der Waals surface area contributed by atoms with Crippen LogP contribution in [-0.2, 0) is 11.3 Å². The molecule has 8 heavy (non-hydrogen) atoms. The van der Waals surface area contributed by atoms with Gasteiger partial charge in [-0.2, -0.15) is 0 Å². The van der Waals surface area contributed by atoms with Crippen molar-refractivity contribution in [3.8, 4) is 0 Å². The molecule has 0 aromatic carbocycles. The van der Waals surface area contributed by atoms with E-state index in [0.717, 1.165) is 5.69 Å². The number of ether oxygens (including phenoxy) is 1. The van der Waals surface area contributed by atoms with Crippen LogP contribution in [0.1, 0.15) is 5.69 Å². The zero-order chi connectivity index (χ0) is 5.82. The Hall–Kier alpha value is -0.830. The summed E-state index contributed by atoms with van der Waals surface area (Å²) in [6.45, 7) is 0.493. The van der Waals surface area contributed by atoms with Gasteiger partial charge in [0.25, 0.3) is 0 Å². The number of methoxy groups -OCH3 is 1. The molecule has 3 nitrogen and oxygen atoms in total. The first kappa shape index (κ1) is 5.31. The largest absolute Gasteiger partial charge is 0.378 e. The van der Waals surface area contributed by atoms with Crippen molar-refractivity contribution in [2.75, 3.05) is 7.11 Å². The third-order valence-electron chi connectivity index (χ3n) is 0.733. The van der Waals surface area contributed by atoms with Gasteiger partial charge in [0.2, 0.25) is 6.26 Å². The Balaban J connectivity index is 2.50. The minimum Gasteiger partial charge on any atom is -0.378 e. The molecule has 1 rings (SSSR count). The first-order chi connectivity index (χ1) is 3.93. The maximum absolute atomic E-state index is 4.74. The maximum atomic E-state index is 4.74. The molecule has 43 valence electrons.